The molecule has 0 bridgehead atoms. The highest BCUT2D eigenvalue weighted by Crippen LogP contribution is 2.31. The number of rotatable bonds is 2. The van der Waals surface area contributed by atoms with Crippen LogP contribution in [0.15, 0.2) is 30.6 Å². The van der Waals surface area contributed by atoms with Crippen LogP contribution in [-0.4, -0.2) is 17.1 Å². The van der Waals surface area contributed by atoms with Crippen LogP contribution in [-0.2, 0) is 0 Å². The van der Waals surface area contributed by atoms with Crippen molar-refractivity contribution in [2.45, 2.75) is 37.8 Å². The lowest BCUT2D eigenvalue weighted by Crippen LogP contribution is -2.31. The lowest BCUT2D eigenvalue weighted by molar-refractivity contribution is 0.149. The molecule has 20 heavy (non-hydrogen) atoms. The van der Waals surface area contributed by atoms with Gasteiger partial charge in [-0.2, -0.15) is 5.26 Å². The molecule has 102 valence electrons. The maximum Gasteiger partial charge on any atom is 0.128 e. The van der Waals surface area contributed by atoms with Crippen molar-refractivity contribution < 1.29 is 4.74 Å². The minimum absolute atomic E-state index is 0.195. The Morgan fingerprint density at radius 3 is 2.75 bits per heavy atom. The maximum atomic E-state index is 9.24. The van der Waals surface area contributed by atoms with Crippen LogP contribution in [0.2, 0.25) is 0 Å². The quantitative estimate of drug-likeness (QED) is 0.908. The van der Waals surface area contributed by atoms with Gasteiger partial charge in [0.15, 0.2) is 0 Å². The normalized spacial score (nSPS) is 22.4. The van der Waals surface area contributed by atoms with E-state index < -0.39 is 0 Å². The molecule has 0 aliphatic heterocycles. The monoisotopic (exact) mass is 267 g/mol. The predicted octanol–water partition coefficient (Wildman–Crippen LogP) is 2.76. The van der Waals surface area contributed by atoms with Gasteiger partial charge in [0.25, 0.3) is 0 Å². The number of fused-ring (bicyclic) bond motifs is 1. The Bertz CT molecular complexity index is 649. The van der Waals surface area contributed by atoms with Gasteiger partial charge in [0.1, 0.15) is 11.8 Å². The molecule has 4 nitrogen and oxygen atoms in total. The van der Waals surface area contributed by atoms with E-state index in [1.807, 2.05) is 18.2 Å². The summed E-state index contributed by atoms with van der Waals surface area (Å²) in [5, 5.41) is 11.0. The summed E-state index contributed by atoms with van der Waals surface area (Å²) in [6.07, 6.45) is 7.51. The molecule has 1 saturated carbocycles. The van der Waals surface area contributed by atoms with Crippen LogP contribution >= 0.6 is 0 Å². The van der Waals surface area contributed by atoms with E-state index >= 15 is 0 Å². The highest BCUT2D eigenvalue weighted by atomic mass is 16.5. The van der Waals surface area contributed by atoms with Crippen LogP contribution in [0.3, 0.4) is 0 Å². The van der Waals surface area contributed by atoms with Gasteiger partial charge in [-0.3, -0.25) is 4.98 Å². The Labute approximate surface area is 118 Å². The van der Waals surface area contributed by atoms with Crippen LogP contribution < -0.4 is 10.5 Å². The molecular weight excluding hydrogens is 250 g/mol. The van der Waals surface area contributed by atoms with E-state index in [9.17, 15) is 5.26 Å². The maximum absolute atomic E-state index is 9.24. The second kappa shape index (κ2) is 5.48. The fraction of sp³-hybridized carbons (Fsp3) is 0.375. The van der Waals surface area contributed by atoms with Crippen LogP contribution in [0.1, 0.15) is 31.2 Å². The molecule has 2 aromatic rings. The molecule has 0 saturated heterocycles. The Balaban J connectivity index is 1.93. The summed E-state index contributed by atoms with van der Waals surface area (Å²) in [7, 11) is 0. The van der Waals surface area contributed by atoms with Crippen molar-refractivity contribution in [3.63, 3.8) is 0 Å². The third-order valence-corrected chi connectivity index (χ3v) is 3.88. The molecule has 4 heteroatoms. The zero-order valence-electron chi connectivity index (χ0n) is 11.2. The number of benzene rings is 1. The summed E-state index contributed by atoms with van der Waals surface area (Å²) >= 11 is 0. The van der Waals surface area contributed by atoms with Gasteiger partial charge in [-0.1, -0.05) is 12.1 Å². The first-order valence-electron chi connectivity index (χ1n) is 6.97. The number of nitrogens with zero attached hydrogens (tertiary/aromatic N) is 2. The topological polar surface area (TPSA) is 71.9 Å². The summed E-state index contributed by atoms with van der Waals surface area (Å²) in [5.41, 5.74) is 6.48. The summed E-state index contributed by atoms with van der Waals surface area (Å²) in [6.45, 7) is 0. The molecular formula is C16H17N3O. The van der Waals surface area contributed by atoms with Crippen molar-refractivity contribution in [3.8, 4) is 11.8 Å². The fourth-order valence-corrected chi connectivity index (χ4v) is 2.77. The number of hydrogen-bond acceptors (Lipinski definition) is 4. The zero-order chi connectivity index (χ0) is 13.9. The van der Waals surface area contributed by atoms with E-state index in [0.29, 0.717) is 11.6 Å². The Hall–Kier alpha value is -2.12. The molecule has 2 N–H and O–H groups in total. The van der Waals surface area contributed by atoms with E-state index in [2.05, 4.69) is 11.1 Å². The van der Waals surface area contributed by atoms with Crippen molar-refractivity contribution in [1.29, 1.82) is 5.26 Å². The highest BCUT2D eigenvalue weighted by molar-refractivity contribution is 5.92. The number of ether oxygens (including phenoxy) is 1. The molecule has 1 aliphatic carbocycles. The van der Waals surface area contributed by atoms with E-state index in [0.717, 1.165) is 42.2 Å². The van der Waals surface area contributed by atoms with Gasteiger partial charge in [-0.15, -0.1) is 0 Å². The molecule has 1 heterocycles. The van der Waals surface area contributed by atoms with Crippen molar-refractivity contribution in [3.05, 3.63) is 36.2 Å². The smallest absolute Gasteiger partial charge is 0.128 e. The summed E-state index contributed by atoms with van der Waals surface area (Å²) in [5.74, 6) is 0.780. The first-order valence-corrected chi connectivity index (χ1v) is 6.97. The molecule has 3 rings (SSSR count). The SMILES string of the molecule is N#Cc1cncc2cccc(O[C@H]3CC[C@H](N)CC3)c12. The van der Waals surface area contributed by atoms with Crippen molar-refractivity contribution in [2.24, 2.45) is 5.73 Å². The molecule has 0 amide bonds. The van der Waals surface area contributed by atoms with Gasteiger partial charge in [-0.25, -0.2) is 0 Å². The van der Waals surface area contributed by atoms with E-state index in [4.69, 9.17) is 10.5 Å². The summed E-state index contributed by atoms with van der Waals surface area (Å²) < 4.78 is 6.12. The van der Waals surface area contributed by atoms with Crippen LogP contribution in [0.5, 0.6) is 5.75 Å². The van der Waals surface area contributed by atoms with Crippen molar-refractivity contribution >= 4 is 10.8 Å². The minimum Gasteiger partial charge on any atom is -0.490 e. The fourth-order valence-electron chi connectivity index (χ4n) is 2.77. The number of nitriles is 1. The molecule has 0 spiro atoms. The lowest BCUT2D eigenvalue weighted by Gasteiger charge is -2.27. The molecule has 1 fully saturated rings. The van der Waals surface area contributed by atoms with Crippen LogP contribution in [0, 0.1) is 11.3 Å². The molecule has 0 unspecified atom stereocenters. The second-order valence-electron chi connectivity index (χ2n) is 5.31. The Morgan fingerprint density at radius 1 is 1.20 bits per heavy atom. The first kappa shape index (κ1) is 12.9. The number of nitrogens with two attached hydrogens (primary N) is 1. The van der Waals surface area contributed by atoms with Gasteiger partial charge >= 0.3 is 0 Å². The van der Waals surface area contributed by atoms with E-state index in [1.54, 1.807) is 12.4 Å². The third kappa shape index (κ3) is 2.45. The van der Waals surface area contributed by atoms with Crippen molar-refractivity contribution in [1.82, 2.24) is 4.98 Å². The molecule has 1 aliphatic rings. The highest BCUT2D eigenvalue weighted by Gasteiger charge is 2.21. The first-order chi connectivity index (χ1) is 9.78. The number of hydrogen-bond donors (Lipinski definition) is 1. The Kier molecular flexibility index (Phi) is 3.53. The average Bonchev–Trinajstić information content (AvgIpc) is 2.49. The van der Waals surface area contributed by atoms with Crippen LogP contribution in [0.25, 0.3) is 10.8 Å². The van der Waals surface area contributed by atoms with Gasteiger partial charge in [0.2, 0.25) is 0 Å². The largest absolute Gasteiger partial charge is 0.490 e. The number of pyridine rings is 1. The molecule has 1 aromatic heterocycles. The molecule has 0 radical (unpaired) electrons. The standard InChI is InChI=1S/C16H17N3O/c17-8-12-10-19-9-11-2-1-3-15(16(11)12)20-14-6-4-13(18)5-7-14/h1-3,9-10,13-14H,4-7,18H2/t13-,14-. The number of aromatic nitrogens is 1. The third-order valence-electron chi connectivity index (χ3n) is 3.88. The van der Waals surface area contributed by atoms with Gasteiger partial charge in [-0.05, 0) is 31.7 Å². The van der Waals surface area contributed by atoms with E-state index in [1.165, 1.54) is 0 Å². The van der Waals surface area contributed by atoms with Gasteiger partial charge in [0, 0.05) is 29.2 Å². The van der Waals surface area contributed by atoms with E-state index in [-0.39, 0.29) is 6.10 Å². The average molecular weight is 267 g/mol. The lowest BCUT2D eigenvalue weighted by atomic mass is 9.93. The predicted molar refractivity (Wildman–Crippen MR) is 77.3 cm³/mol. The second-order valence-corrected chi connectivity index (χ2v) is 5.31. The van der Waals surface area contributed by atoms with Crippen LogP contribution in [0.4, 0.5) is 0 Å². The van der Waals surface area contributed by atoms with Gasteiger partial charge in [0.05, 0.1) is 11.7 Å². The summed E-state index contributed by atoms with van der Waals surface area (Å²) in [6, 6.07) is 8.32. The van der Waals surface area contributed by atoms with Crippen molar-refractivity contribution in [2.75, 3.05) is 0 Å². The molecule has 0 atom stereocenters. The zero-order valence-corrected chi connectivity index (χ0v) is 11.2. The Morgan fingerprint density at radius 2 is 2.00 bits per heavy atom. The minimum atomic E-state index is 0.195. The van der Waals surface area contributed by atoms with Gasteiger partial charge < -0.3 is 10.5 Å². The summed E-state index contributed by atoms with van der Waals surface area (Å²) in [4.78, 5) is 4.09. The molecule has 1 aromatic carbocycles.